The second-order valence-electron chi connectivity index (χ2n) is 4.41. The van der Waals surface area contributed by atoms with Gasteiger partial charge in [-0.25, -0.2) is 4.79 Å². The Morgan fingerprint density at radius 3 is 2.52 bits per heavy atom. The molecule has 4 nitrogen and oxygen atoms in total. The summed E-state index contributed by atoms with van der Waals surface area (Å²) in [7, 11) is 0. The lowest BCUT2D eigenvalue weighted by Crippen LogP contribution is -2.15. The number of aromatic carboxylic acids is 1. The van der Waals surface area contributed by atoms with Crippen LogP contribution in [0, 0.1) is 6.92 Å². The fourth-order valence-electron chi connectivity index (χ4n) is 1.78. The van der Waals surface area contributed by atoms with Gasteiger partial charge in [-0.2, -0.15) is 0 Å². The highest BCUT2D eigenvalue weighted by atomic mass is 79.9. The Kier molecular flexibility index (Phi) is 4.65. The number of carbonyl (C=O) groups excluding carboxylic acids is 1. The molecule has 2 N–H and O–H groups in total. The first-order valence-electron chi connectivity index (χ1n) is 5.99. The number of hydrogen-bond acceptors (Lipinski definition) is 2. The van der Waals surface area contributed by atoms with E-state index in [2.05, 4.69) is 21.2 Å². The molecule has 0 saturated carbocycles. The van der Waals surface area contributed by atoms with Crippen molar-refractivity contribution in [3.8, 4) is 0 Å². The van der Waals surface area contributed by atoms with E-state index in [1.165, 1.54) is 12.1 Å². The Balaban J connectivity index is 2.31. The van der Waals surface area contributed by atoms with Gasteiger partial charge in [-0.3, -0.25) is 4.79 Å². The highest BCUT2D eigenvalue weighted by molar-refractivity contribution is 9.10. The van der Waals surface area contributed by atoms with Crippen LogP contribution in [0.1, 0.15) is 26.3 Å². The highest BCUT2D eigenvalue weighted by Gasteiger charge is 2.14. The van der Waals surface area contributed by atoms with Gasteiger partial charge >= 0.3 is 5.97 Å². The Hall–Kier alpha value is -1.85. The Labute approximate surface area is 134 Å². The molecule has 0 fully saturated rings. The SMILES string of the molecule is Cc1cc(C(=O)Nc2ccc(Br)cc2C(=O)O)ccc1Cl. The molecule has 0 aromatic heterocycles. The van der Waals surface area contributed by atoms with Crippen LogP contribution >= 0.6 is 27.5 Å². The standard InChI is InChI=1S/C15H11BrClNO3/c1-8-6-9(2-4-12(8)17)14(19)18-13-5-3-10(16)7-11(13)15(20)21/h2-7H,1H3,(H,18,19)(H,20,21). The summed E-state index contributed by atoms with van der Waals surface area (Å²) in [5.74, 6) is -1.50. The van der Waals surface area contributed by atoms with Crippen molar-refractivity contribution in [2.24, 2.45) is 0 Å². The summed E-state index contributed by atoms with van der Waals surface area (Å²) in [6.45, 7) is 1.79. The maximum atomic E-state index is 12.2. The van der Waals surface area contributed by atoms with E-state index in [1.54, 1.807) is 31.2 Å². The van der Waals surface area contributed by atoms with Gasteiger partial charge < -0.3 is 10.4 Å². The number of amides is 1. The van der Waals surface area contributed by atoms with Gasteiger partial charge in [0.15, 0.2) is 0 Å². The number of hydrogen-bond donors (Lipinski definition) is 2. The first-order chi connectivity index (χ1) is 9.88. The lowest BCUT2D eigenvalue weighted by Gasteiger charge is -2.09. The normalized spacial score (nSPS) is 10.2. The van der Waals surface area contributed by atoms with Crippen LogP contribution in [0.5, 0.6) is 0 Å². The van der Waals surface area contributed by atoms with Gasteiger partial charge in [0.25, 0.3) is 5.91 Å². The molecule has 0 spiro atoms. The molecule has 0 bridgehead atoms. The predicted octanol–water partition coefficient (Wildman–Crippen LogP) is 4.36. The molecule has 0 aliphatic rings. The molecule has 2 aromatic carbocycles. The van der Waals surface area contributed by atoms with E-state index in [1.807, 2.05) is 0 Å². The maximum absolute atomic E-state index is 12.2. The molecule has 2 aromatic rings. The lowest BCUT2D eigenvalue weighted by atomic mass is 10.1. The monoisotopic (exact) mass is 367 g/mol. The molecule has 0 radical (unpaired) electrons. The van der Waals surface area contributed by atoms with E-state index >= 15 is 0 Å². The molecular weight excluding hydrogens is 358 g/mol. The first kappa shape index (κ1) is 15.5. The lowest BCUT2D eigenvalue weighted by molar-refractivity contribution is 0.0698. The number of carbonyl (C=O) groups is 2. The minimum atomic E-state index is -1.11. The summed E-state index contributed by atoms with van der Waals surface area (Å²) in [6.07, 6.45) is 0. The average molecular weight is 369 g/mol. The highest BCUT2D eigenvalue weighted by Crippen LogP contribution is 2.22. The topological polar surface area (TPSA) is 66.4 Å². The fourth-order valence-corrected chi connectivity index (χ4v) is 2.26. The van der Waals surface area contributed by atoms with Crippen molar-refractivity contribution >= 4 is 45.1 Å². The average Bonchev–Trinajstić information content (AvgIpc) is 2.43. The van der Waals surface area contributed by atoms with Crippen LogP contribution in [-0.4, -0.2) is 17.0 Å². The van der Waals surface area contributed by atoms with Gasteiger partial charge in [-0.1, -0.05) is 27.5 Å². The van der Waals surface area contributed by atoms with Gasteiger partial charge in [0.05, 0.1) is 11.3 Å². The van der Waals surface area contributed by atoms with Gasteiger partial charge in [0.2, 0.25) is 0 Å². The van der Waals surface area contributed by atoms with Crippen molar-refractivity contribution < 1.29 is 14.7 Å². The van der Waals surface area contributed by atoms with Gasteiger partial charge in [0, 0.05) is 15.1 Å². The van der Waals surface area contributed by atoms with Crippen molar-refractivity contribution in [3.63, 3.8) is 0 Å². The van der Waals surface area contributed by atoms with Crippen molar-refractivity contribution in [2.75, 3.05) is 5.32 Å². The summed E-state index contributed by atoms with van der Waals surface area (Å²) in [4.78, 5) is 23.4. The van der Waals surface area contributed by atoms with Crippen molar-refractivity contribution in [1.29, 1.82) is 0 Å². The van der Waals surface area contributed by atoms with Crippen molar-refractivity contribution in [3.05, 3.63) is 62.6 Å². The zero-order valence-electron chi connectivity index (χ0n) is 11.0. The molecule has 0 atom stereocenters. The summed E-state index contributed by atoms with van der Waals surface area (Å²) >= 11 is 9.12. The molecule has 1 amide bonds. The van der Waals surface area contributed by atoms with Crippen LogP contribution in [0.4, 0.5) is 5.69 Å². The van der Waals surface area contributed by atoms with Crippen LogP contribution in [0.2, 0.25) is 5.02 Å². The van der Waals surface area contributed by atoms with Crippen LogP contribution < -0.4 is 5.32 Å². The molecule has 6 heteroatoms. The number of carboxylic acids is 1. The molecular formula is C15H11BrClNO3. The van der Waals surface area contributed by atoms with Gasteiger partial charge in [-0.15, -0.1) is 0 Å². The van der Waals surface area contributed by atoms with Crippen LogP contribution in [0.25, 0.3) is 0 Å². The maximum Gasteiger partial charge on any atom is 0.337 e. The largest absolute Gasteiger partial charge is 0.478 e. The molecule has 108 valence electrons. The third-order valence-corrected chi connectivity index (χ3v) is 3.80. The van der Waals surface area contributed by atoms with E-state index in [-0.39, 0.29) is 17.2 Å². The molecule has 2 rings (SSSR count). The minimum Gasteiger partial charge on any atom is -0.478 e. The zero-order valence-corrected chi connectivity index (χ0v) is 13.3. The molecule has 0 heterocycles. The number of rotatable bonds is 3. The Bertz CT molecular complexity index is 731. The predicted molar refractivity (Wildman–Crippen MR) is 85.2 cm³/mol. The molecule has 0 aliphatic carbocycles. The van der Waals surface area contributed by atoms with E-state index < -0.39 is 5.97 Å². The summed E-state index contributed by atoms with van der Waals surface area (Å²) in [5, 5.41) is 12.3. The fraction of sp³-hybridized carbons (Fsp3) is 0.0667. The van der Waals surface area contributed by atoms with Crippen molar-refractivity contribution in [2.45, 2.75) is 6.92 Å². The molecule has 0 saturated heterocycles. The number of nitrogens with one attached hydrogen (secondary N) is 1. The minimum absolute atomic E-state index is 0.0170. The van der Waals surface area contributed by atoms with E-state index in [9.17, 15) is 9.59 Å². The third kappa shape index (κ3) is 3.62. The van der Waals surface area contributed by atoms with E-state index in [0.717, 1.165) is 5.56 Å². The Morgan fingerprint density at radius 1 is 1.19 bits per heavy atom. The van der Waals surface area contributed by atoms with Gasteiger partial charge in [-0.05, 0) is 48.9 Å². The van der Waals surface area contributed by atoms with Gasteiger partial charge in [0.1, 0.15) is 0 Å². The summed E-state index contributed by atoms with van der Waals surface area (Å²) < 4.78 is 0.625. The number of carboxylic acid groups (broad SMARTS) is 1. The van der Waals surface area contributed by atoms with E-state index in [4.69, 9.17) is 16.7 Å². The smallest absolute Gasteiger partial charge is 0.337 e. The number of benzene rings is 2. The molecule has 21 heavy (non-hydrogen) atoms. The molecule has 0 aliphatic heterocycles. The second kappa shape index (κ2) is 6.28. The van der Waals surface area contributed by atoms with Crippen LogP contribution in [0.15, 0.2) is 40.9 Å². The van der Waals surface area contributed by atoms with Crippen LogP contribution in [-0.2, 0) is 0 Å². The number of aryl methyl sites for hydroxylation is 1. The summed E-state index contributed by atoms with van der Waals surface area (Å²) in [5.41, 5.74) is 1.45. The quantitative estimate of drug-likeness (QED) is 0.846. The van der Waals surface area contributed by atoms with Crippen molar-refractivity contribution in [1.82, 2.24) is 0 Å². The number of anilines is 1. The summed E-state index contributed by atoms with van der Waals surface area (Å²) in [6, 6.07) is 9.50. The van der Waals surface area contributed by atoms with Crippen LogP contribution in [0.3, 0.4) is 0 Å². The second-order valence-corrected chi connectivity index (χ2v) is 5.74. The molecule has 0 unspecified atom stereocenters. The van der Waals surface area contributed by atoms with E-state index in [0.29, 0.717) is 15.1 Å². The third-order valence-electron chi connectivity index (χ3n) is 2.88. The number of halogens is 2. The zero-order chi connectivity index (χ0) is 15.6. The Morgan fingerprint density at radius 2 is 1.90 bits per heavy atom. The first-order valence-corrected chi connectivity index (χ1v) is 7.16.